The molecular formula is C19H17N3O2. The summed E-state index contributed by atoms with van der Waals surface area (Å²) >= 11 is 0. The number of carbonyl (C=O) groups excluding carboxylic acids is 1. The normalized spacial score (nSPS) is 13.7. The number of amides is 1. The fourth-order valence-electron chi connectivity index (χ4n) is 2.66. The van der Waals surface area contributed by atoms with Gasteiger partial charge in [-0.2, -0.15) is 0 Å². The highest BCUT2D eigenvalue weighted by Gasteiger charge is 2.24. The topological polar surface area (TPSA) is 68.0 Å². The van der Waals surface area contributed by atoms with Crippen molar-refractivity contribution in [3.05, 3.63) is 60.0 Å². The first-order valence-corrected chi connectivity index (χ1v) is 7.99. The predicted octanol–water partition coefficient (Wildman–Crippen LogP) is 3.60. The summed E-state index contributed by atoms with van der Waals surface area (Å²) in [6.45, 7) is 2.05. The molecule has 24 heavy (non-hydrogen) atoms. The van der Waals surface area contributed by atoms with Crippen LogP contribution in [0.4, 0.5) is 0 Å². The van der Waals surface area contributed by atoms with E-state index in [-0.39, 0.29) is 5.91 Å². The van der Waals surface area contributed by atoms with Gasteiger partial charge in [-0.3, -0.25) is 4.79 Å². The quantitative estimate of drug-likeness (QED) is 0.798. The highest BCUT2D eigenvalue weighted by atomic mass is 16.4. The molecule has 0 unspecified atom stereocenters. The van der Waals surface area contributed by atoms with E-state index < -0.39 is 0 Å². The van der Waals surface area contributed by atoms with Crippen LogP contribution in [0.1, 0.15) is 28.8 Å². The Kier molecular flexibility index (Phi) is 3.61. The van der Waals surface area contributed by atoms with Crippen molar-refractivity contribution in [2.45, 2.75) is 25.8 Å². The Bertz CT molecular complexity index is 866. The second-order valence-electron chi connectivity index (χ2n) is 6.10. The van der Waals surface area contributed by atoms with Crippen LogP contribution in [0.3, 0.4) is 0 Å². The molecule has 1 fully saturated rings. The van der Waals surface area contributed by atoms with Gasteiger partial charge in [0.2, 0.25) is 12.3 Å². The molecule has 0 radical (unpaired) electrons. The molecule has 3 aromatic rings. The number of nitrogens with one attached hydrogen (secondary N) is 1. The second-order valence-corrected chi connectivity index (χ2v) is 6.10. The maximum Gasteiger partial charge on any atom is 0.251 e. The highest BCUT2D eigenvalue weighted by Crippen LogP contribution is 2.28. The van der Waals surface area contributed by atoms with Gasteiger partial charge in [-0.05, 0) is 60.7 Å². The lowest BCUT2D eigenvalue weighted by atomic mass is 9.97. The van der Waals surface area contributed by atoms with E-state index >= 15 is 0 Å². The molecule has 5 nitrogen and oxygen atoms in total. The fourth-order valence-corrected chi connectivity index (χ4v) is 2.66. The van der Waals surface area contributed by atoms with E-state index in [9.17, 15) is 4.79 Å². The monoisotopic (exact) mass is 319 g/mol. The summed E-state index contributed by atoms with van der Waals surface area (Å²) in [5.41, 5.74) is 4.80. The van der Waals surface area contributed by atoms with E-state index in [1.54, 1.807) is 0 Å². The van der Waals surface area contributed by atoms with Crippen molar-refractivity contribution in [2.24, 2.45) is 0 Å². The molecule has 0 atom stereocenters. The van der Waals surface area contributed by atoms with E-state index in [1.807, 2.05) is 49.4 Å². The molecule has 1 heterocycles. The van der Waals surface area contributed by atoms with Crippen molar-refractivity contribution in [2.75, 3.05) is 0 Å². The SMILES string of the molecule is Cc1ccc(C(=O)NC2CC2)cc1-c1ccc(-c2nnco2)cc1. The van der Waals surface area contributed by atoms with Gasteiger partial charge in [-0.15, -0.1) is 10.2 Å². The number of hydrogen-bond donors (Lipinski definition) is 1. The minimum Gasteiger partial charge on any atom is -0.423 e. The lowest BCUT2D eigenvalue weighted by Gasteiger charge is -2.10. The Morgan fingerprint density at radius 2 is 1.88 bits per heavy atom. The number of carbonyl (C=O) groups is 1. The van der Waals surface area contributed by atoms with E-state index in [1.165, 1.54) is 6.39 Å². The minimum atomic E-state index is 0.00114. The van der Waals surface area contributed by atoms with Crippen molar-refractivity contribution in [3.8, 4) is 22.6 Å². The molecule has 0 aliphatic heterocycles. The van der Waals surface area contributed by atoms with Gasteiger partial charge in [-0.25, -0.2) is 0 Å². The molecule has 5 heteroatoms. The first kappa shape index (κ1) is 14.6. The van der Waals surface area contributed by atoms with Crippen LogP contribution in [0.5, 0.6) is 0 Å². The van der Waals surface area contributed by atoms with Gasteiger partial charge in [-0.1, -0.05) is 18.2 Å². The average molecular weight is 319 g/mol. The van der Waals surface area contributed by atoms with Gasteiger partial charge in [0.1, 0.15) is 0 Å². The van der Waals surface area contributed by atoms with Gasteiger partial charge in [0.05, 0.1) is 0 Å². The number of aryl methyl sites for hydroxylation is 1. The molecule has 0 bridgehead atoms. The van der Waals surface area contributed by atoms with Gasteiger partial charge >= 0.3 is 0 Å². The maximum absolute atomic E-state index is 12.3. The summed E-state index contributed by atoms with van der Waals surface area (Å²) in [7, 11) is 0. The number of nitrogens with zero attached hydrogens (tertiary/aromatic N) is 2. The van der Waals surface area contributed by atoms with E-state index in [4.69, 9.17) is 4.42 Å². The summed E-state index contributed by atoms with van der Waals surface area (Å²) in [6.07, 6.45) is 3.48. The summed E-state index contributed by atoms with van der Waals surface area (Å²) in [5, 5.41) is 10.6. The van der Waals surface area contributed by atoms with Crippen LogP contribution < -0.4 is 5.32 Å². The third-order valence-electron chi connectivity index (χ3n) is 4.22. The molecule has 120 valence electrons. The largest absolute Gasteiger partial charge is 0.423 e. The first-order chi connectivity index (χ1) is 11.7. The number of benzene rings is 2. The van der Waals surface area contributed by atoms with Crippen molar-refractivity contribution in [1.82, 2.24) is 15.5 Å². The molecule has 1 aromatic heterocycles. The third-order valence-corrected chi connectivity index (χ3v) is 4.22. The third kappa shape index (κ3) is 2.93. The molecule has 2 aromatic carbocycles. The standard InChI is InChI=1S/C19H17N3O2/c1-12-2-3-15(18(23)21-16-8-9-16)10-17(12)13-4-6-14(7-5-13)19-22-20-11-24-19/h2-7,10-11,16H,8-9H2,1H3,(H,21,23). The molecule has 1 N–H and O–H groups in total. The van der Waals surface area contributed by atoms with Crippen LogP contribution in [0, 0.1) is 6.92 Å². The average Bonchev–Trinajstić information content (AvgIpc) is 3.24. The van der Waals surface area contributed by atoms with Gasteiger partial charge < -0.3 is 9.73 Å². The Morgan fingerprint density at radius 1 is 1.12 bits per heavy atom. The zero-order valence-electron chi connectivity index (χ0n) is 13.3. The van der Waals surface area contributed by atoms with E-state index in [0.717, 1.165) is 35.1 Å². The van der Waals surface area contributed by atoms with E-state index in [2.05, 4.69) is 15.5 Å². The Hall–Kier alpha value is -2.95. The van der Waals surface area contributed by atoms with Crippen molar-refractivity contribution >= 4 is 5.91 Å². The lowest BCUT2D eigenvalue weighted by Crippen LogP contribution is -2.25. The van der Waals surface area contributed by atoms with E-state index in [0.29, 0.717) is 17.5 Å². The van der Waals surface area contributed by atoms with Crippen LogP contribution in [0.2, 0.25) is 0 Å². The van der Waals surface area contributed by atoms with Crippen molar-refractivity contribution in [1.29, 1.82) is 0 Å². The molecular weight excluding hydrogens is 302 g/mol. The van der Waals surface area contributed by atoms with Crippen LogP contribution in [-0.4, -0.2) is 22.1 Å². The zero-order chi connectivity index (χ0) is 16.5. The Balaban J connectivity index is 1.63. The summed E-state index contributed by atoms with van der Waals surface area (Å²) in [5.74, 6) is 0.497. The van der Waals surface area contributed by atoms with Gasteiger partial charge in [0, 0.05) is 17.2 Å². The molecule has 0 spiro atoms. The van der Waals surface area contributed by atoms with Crippen molar-refractivity contribution < 1.29 is 9.21 Å². The van der Waals surface area contributed by atoms with Crippen LogP contribution in [-0.2, 0) is 0 Å². The first-order valence-electron chi connectivity index (χ1n) is 7.99. The number of hydrogen-bond acceptors (Lipinski definition) is 4. The Morgan fingerprint density at radius 3 is 2.54 bits per heavy atom. The minimum absolute atomic E-state index is 0.00114. The molecule has 1 aliphatic rings. The Labute approximate surface area is 139 Å². The van der Waals surface area contributed by atoms with Gasteiger partial charge in [0.25, 0.3) is 5.91 Å². The smallest absolute Gasteiger partial charge is 0.251 e. The van der Waals surface area contributed by atoms with Gasteiger partial charge in [0.15, 0.2) is 0 Å². The summed E-state index contributed by atoms with van der Waals surface area (Å²) in [4.78, 5) is 12.3. The van der Waals surface area contributed by atoms with Crippen LogP contribution >= 0.6 is 0 Å². The summed E-state index contributed by atoms with van der Waals surface area (Å²) in [6, 6.07) is 14.1. The molecule has 4 rings (SSSR count). The molecule has 1 amide bonds. The molecule has 0 saturated heterocycles. The maximum atomic E-state index is 12.3. The lowest BCUT2D eigenvalue weighted by molar-refractivity contribution is 0.0951. The van der Waals surface area contributed by atoms with Crippen LogP contribution in [0.15, 0.2) is 53.3 Å². The molecule has 1 aliphatic carbocycles. The second kappa shape index (κ2) is 5.92. The zero-order valence-corrected chi connectivity index (χ0v) is 13.3. The highest BCUT2D eigenvalue weighted by molar-refractivity contribution is 5.96. The van der Waals surface area contributed by atoms with Crippen LogP contribution in [0.25, 0.3) is 22.6 Å². The number of rotatable bonds is 4. The predicted molar refractivity (Wildman–Crippen MR) is 90.4 cm³/mol. The fraction of sp³-hybridized carbons (Fsp3) is 0.211. The number of aromatic nitrogens is 2. The summed E-state index contributed by atoms with van der Waals surface area (Å²) < 4.78 is 5.21. The van der Waals surface area contributed by atoms with Crippen molar-refractivity contribution in [3.63, 3.8) is 0 Å². The molecule has 1 saturated carbocycles.